The fraction of sp³-hybridized carbons (Fsp3) is 0.118. The predicted octanol–water partition coefficient (Wildman–Crippen LogP) is 3.53. The molecule has 2 rings (SSSR count). The van der Waals surface area contributed by atoms with Crippen LogP contribution in [0.2, 0.25) is 0 Å². The monoisotopic (exact) mass is 284 g/mol. The Kier molecular flexibility index (Phi) is 4.61. The lowest BCUT2D eigenvalue weighted by atomic mass is 10.2. The molecule has 0 radical (unpaired) electrons. The van der Waals surface area contributed by atoms with E-state index in [9.17, 15) is 4.79 Å². The number of methoxy groups -OCH3 is 2. The Morgan fingerprint density at radius 1 is 0.810 bits per heavy atom. The average Bonchev–Trinajstić information content (AvgIpc) is 2.55. The smallest absolute Gasteiger partial charge is 0.343 e. The van der Waals surface area contributed by atoms with Crippen LogP contribution in [0.25, 0.3) is 5.76 Å². The van der Waals surface area contributed by atoms with Crippen LogP contribution in [0.3, 0.4) is 0 Å². The molecule has 2 aromatic rings. The first-order valence-corrected chi connectivity index (χ1v) is 6.33. The van der Waals surface area contributed by atoms with E-state index in [0.29, 0.717) is 17.1 Å². The second kappa shape index (κ2) is 6.61. The summed E-state index contributed by atoms with van der Waals surface area (Å²) in [5.41, 5.74) is 1.16. The second-order valence-electron chi connectivity index (χ2n) is 4.27. The van der Waals surface area contributed by atoms with E-state index < -0.39 is 5.97 Å². The summed E-state index contributed by atoms with van der Waals surface area (Å²) in [7, 11) is 3.16. The molecular formula is C17H16O4. The highest BCUT2D eigenvalue weighted by Gasteiger charge is 2.10. The number of rotatable bonds is 5. The molecule has 0 spiro atoms. The zero-order chi connectivity index (χ0) is 15.2. The standard InChI is InChI=1S/C17H16O4/c1-12(13-4-8-15(19-2)9-5-13)21-17(18)14-6-10-16(20-3)11-7-14/h4-11H,1H2,2-3H3. The van der Waals surface area contributed by atoms with E-state index in [-0.39, 0.29) is 0 Å². The van der Waals surface area contributed by atoms with Crippen molar-refractivity contribution in [2.24, 2.45) is 0 Å². The van der Waals surface area contributed by atoms with Gasteiger partial charge in [-0.15, -0.1) is 0 Å². The summed E-state index contributed by atoms with van der Waals surface area (Å²) < 4.78 is 15.4. The molecule has 2 aromatic carbocycles. The van der Waals surface area contributed by atoms with E-state index >= 15 is 0 Å². The van der Waals surface area contributed by atoms with Crippen LogP contribution in [0.15, 0.2) is 55.1 Å². The molecule has 0 atom stereocenters. The molecular weight excluding hydrogens is 268 g/mol. The number of hydrogen-bond donors (Lipinski definition) is 0. The molecule has 0 saturated heterocycles. The Bertz CT molecular complexity index is 569. The highest BCUT2D eigenvalue weighted by atomic mass is 16.5. The second-order valence-corrected chi connectivity index (χ2v) is 4.27. The Morgan fingerprint density at radius 2 is 1.24 bits per heavy atom. The van der Waals surface area contributed by atoms with E-state index in [2.05, 4.69) is 6.58 Å². The Morgan fingerprint density at radius 3 is 1.67 bits per heavy atom. The first-order chi connectivity index (χ1) is 10.1. The van der Waals surface area contributed by atoms with Gasteiger partial charge in [-0.1, -0.05) is 6.58 Å². The molecule has 0 bridgehead atoms. The Hall–Kier alpha value is -2.75. The molecule has 0 N–H and O–H groups in total. The Balaban J connectivity index is 2.05. The summed E-state index contributed by atoms with van der Waals surface area (Å²) in [5.74, 6) is 1.24. The van der Waals surface area contributed by atoms with Crippen molar-refractivity contribution in [3.8, 4) is 11.5 Å². The van der Waals surface area contributed by atoms with Crippen LogP contribution in [-0.2, 0) is 4.74 Å². The van der Waals surface area contributed by atoms with Gasteiger partial charge < -0.3 is 14.2 Å². The van der Waals surface area contributed by atoms with Crippen LogP contribution in [0.1, 0.15) is 15.9 Å². The van der Waals surface area contributed by atoms with Gasteiger partial charge in [-0.25, -0.2) is 4.79 Å². The summed E-state index contributed by atoms with van der Waals surface area (Å²) in [6.45, 7) is 3.77. The highest BCUT2D eigenvalue weighted by molar-refractivity contribution is 5.93. The van der Waals surface area contributed by atoms with Crippen molar-refractivity contribution in [2.45, 2.75) is 0 Å². The summed E-state index contributed by atoms with van der Waals surface area (Å²) in [6.07, 6.45) is 0. The zero-order valence-electron chi connectivity index (χ0n) is 12.0. The van der Waals surface area contributed by atoms with Crippen molar-refractivity contribution >= 4 is 11.7 Å². The fourth-order valence-corrected chi connectivity index (χ4v) is 1.73. The van der Waals surface area contributed by atoms with Crippen molar-refractivity contribution < 1.29 is 19.0 Å². The van der Waals surface area contributed by atoms with Gasteiger partial charge in [-0.05, 0) is 48.5 Å². The SMILES string of the molecule is C=C(OC(=O)c1ccc(OC)cc1)c1ccc(OC)cc1. The first-order valence-electron chi connectivity index (χ1n) is 6.33. The third kappa shape index (κ3) is 3.63. The molecule has 0 aliphatic carbocycles. The Labute approximate surface area is 123 Å². The maximum Gasteiger partial charge on any atom is 0.343 e. The van der Waals surface area contributed by atoms with Gasteiger partial charge in [0.1, 0.15) is 17.3 Å². The van der Waals surface area contributed by atoms with Gasteiger partial charge in [0.2, 0.25) is 0 Å². The number of esters is 1. The normalized spacial score (nSPS) is 9.81. The van der Waals surface area contributed by atoms with Crippen molar-refractivity contribution in [3.05, 3.63) is 66.2 Å². The average molecular weight is 284 g/mol. The van der Waals surface area contributed by atoms with Gasteiger partial charge in [-0.2, -0.15) is 0 Å². The number of benzene rings is 2. The summed E-state index contributed by atoms with van der Waals surface area (Å²) in [6, 6.07) is 13.8. The van der Waals surface area contributed by atoms with E-state index in [1.807, 2.05) is 0 Å². The first kappa shape index (κ1) is 14.7. The minimum absolute atomic E-state index is 0.290. The van der Waals surface area contributed by atoms with Crippen LogP contribution in [0, 0.1) is 0 Å². The molecule has 21 heavy (non-hydrogen) atoms. The summed E-state index contributed by atoms with van der Waals surface area (Å²) in [4.78, 5) is 12.0. The van der Waals surface area contributed by atoms with Crippen molar-refractivity contribution in [3.63, 3.8) is 0 Å². The molecule has 0 aliphatic heterocycles. The van der Waals surface area contributed by atoms with Crippen LogP contribution < -0.4 is 9.47 Å². The minimum atomic E-state index is -0.460. The molecule has 0 fully saturated rings. The third-order valence-electron chi connectivity index (χ3n) is 2.95. The van der Waals surface area contributed by atoms with Gasteiger partial charge in [-0.3, -0.25) is 0 Å². The van der Waals surface area contributed by atoms with Crippen LogP contribution in [0.4, 0.5) is 0 Å². The lowest BCUT2D eigenvalue weighted by molar-refractivity contribution is 0.0693. The topological polar surface area (TPSA) is 44.8 Å². The van der Waals surface area contributed by atoms with Crippen molar-refractivity contribution in [2.75, 3.05) is 14.2 Å². The van der Waals surface area contributed by atoms with Crippen molar-refractivity contribution in [1.29, 1.82) is 0 Å². The predicted molar refractivity (Wildman–Crippen MR) is 80.4 cm³/mol. The highest BCUT2D eigenvalue weighted by Crippen LogP contribution is 2.20. The lowest BCUT2D eigenvalue weighted by Gasteiger charge is -2.08. The summed E-state index contributed by atoms with van der Waals surface area (Å²) in [5, 5.41) is 0. The molecule has 108 valence electrons. The number of hydrogen-bond acceptors (Lipinski definition) is 4. The van der Waals surface area contributed by atoms with Gasteiger partial charge in [0.15, 0.2) is 0 Å². The molecule has 4 heteroatoms. The maximum atomic E-state index is 12.0. The van der Waals surface area contributed by atoms with E-state index in [0.717, 1.165) is 11.3 Å². The van der Waals surface area contributed by atoms with Gasteiger partial charge in [0, 0.05) is 5.56 Å². The van der Waals surface area contributed by atoms with E-state index in [4.69, 9.17) is 14.2 Å². The maximum absolute atomic E-state index is 12.0. The largest absolute Gasteiger partial charge is 0.497 e. The van der Waals surface area contributed by atoms with Gasteiger partial charge >= 0.3 is 5.97 Å². The lowest BCUT2D eigenvalue weighted by Crippen LogP contribution is -2.04. The number of ether oxygens (including phenoxy) is 3. The minimum Gasteiger partial charge on any atom is -0.497 e. The van der Waals surface area contributed by atoms with Gasteiger partial charge in [0.25, 0.3) is 0 Å². The summed E-state index contributed by atoms with van der Waals surface area (Å²) >= 11 is 0. The third-order valence-corrected chi connectivity index (χ3v) is 2.95. The van der Waals surface area contributed by atoms with Crippen LogP contribution >= 0.6 is 0 Å². The number of carbonyl (C=O) groups is 1. The molecule has 0 aliphatic rings. The van der Waals surface area contributed by atoms with Crippen LogP contribution in [-0.4, -0.2) is 20.2 Å². The molecule has 4 nitrogen and oxygen atoms in total. The number of carbonyl (C=O) groups excluding carboxylic acids is 1. The molecule has 0 amide bonds. The van der Waals surface area contributed by atoms with E-state index in [1.54, 1.807) is 62.8 Å². The van der Waals surface area contributed by atoms with Gasteiger partial charge in [0.05, 0.1) is 19.8 Å². The quantitative estimate of drug-likeness (QED) is 0.622. The molecule has 0 aromatic heterocycles. The molecule has 0 unspecified atom stereocenters. The fourth-order valence-electron chi connectivity index (χ4n) is 1.73. The molecule has 0 saturated carbocycles. The van der Waals surface area contributed by atoms with Crippen LogP contribution in [0.5, 0.6) is 11.5 Å². The van der Waals surface area contributed by atoms with Crippen molar-refractivity contribution in [1.82, 2.24) is 0 Å². The van der Waals surface area contributed by atoms with E-state index in [1.165, 1.54) is 0 Å². The zero-order valence-corrected chi connectivity index (χ0v) is 12.0. The molecule has 0 heterocycles.